The van der Waals surface area contributed by atoms with Gasteiger partial charge in [0, 0.05) is 24.7 Å². The second-order valence-electron chi connectivity index (χ2n) is 6.43. The Bertz CT molecular complexity index is 549. The summed E-state index contributed by atoms with van der Waals surface area (Å²) in [5.74, 6) is 0.952. The summed E-state index contributed by atoms with van der Waals surface area (Å²) in [5.41, 5.74) is 0.606. The Labute approximate surface area is 143 Å². The van der Waals surface area contributed by atoms with Gasteiger partial charge in [0.1, 0.15) is 5.75 Å². The molecule has 0 aromatic heterocycles. The molecular formula is C18H26N2O4. The molecule has 0 saturated carbocycles. The number of ether oxygens (including phenoxy) is 2. The standard InChI is InChI=1S/C18H26N2O4/c1-13(2)12-24-18(22)20-10-8-15(9-11-20)19-17(21)14-4-6-16(23-3)7-5-14/h4-7,13,15H,8-12H2,1-3H3,(H,19,21). The lowest BCUT2D eigenvalue weighted by Crippen LogP contribution is -2.46. The quantitative estimate of drug-likeness (QED) is 0.899. The third kappa shape index (κ3) is 5.15. The molecular weight excluding hydrogens is 308 g/mol. The lowest BCUT2D eigenvalue weighted by Gasteiger charge is -2.31. The fourth-order valence-corrected chi connectivity index (χ4v) is 2.55. The van der Waals surface area contributed by atoms with Crippen LogP contribution in [0.3, 0.4) is 0 Å². The van der Waals surface area contributed by atoms with Crippen molar-refractivity contribution in [1.29, 1.82) is 0 Å². The molecule has 1 saturated heterocycles. The summed E-state index contributed by atoms with van der Waals surface area (Å²) in [6, 6.07) is 7.10. The van der Waals surface area contributed by atoms with Gasteiger partial charge in [-0.3, -0.25) is 4.79 Å². The molecule has 1 aromatic rings. The third-order valence-corrected chi connectivity index (χ3v) is 3.98. The van der Waals surface area contributed by atoms with Gasteiger partial charge in [0.05, 0.1) is 13.7 Å². The summed E-state index contributed by atoms with van der Waals surface area (Å²) in [5, 5.41) is 3.02. The first-order valence-corrected chi connectivity index (χ1v) is 8.36. The maximum Gasteiger partial charge on any atom is 0.409 e. The maximum atomic E-state index is 12.2. The molecule has 1 heterocycles. The number of piperidine rings is 1. The lowest BCUT2D eigenvalue weighted by atomic mass is 10.0. The average molecular weight is 334 g/mol. The predicted octanol–water partition coefficient (Wildman–Crippen LogP) is 2.68. The molecule has 1 N–H and O–H groups in total. The highest BCUT2D eigenvalue weighted by Crippen LogP contribution is 2.14. The highest BCUT2D eigenvalue weighted by atomic mass is 16.6. The van der Waals surface area contributed by atoms with E-state index in [2.05, 4.69) is 5.32 Å². The molecule has 6 nitrogen and oxygen atoms in total. The molecule has 132 valence electrons. The minimum absolute atomic E-state index is 0.0775. The fraction of sp³-hybridized carbons (Fsp3) is 0.556. The van der Waals surface area contributed by atoms with Gasteiger partial charge >= 0.3 is 6.09 Å². The Morgan fingerprint density at radius 2 is 1.83 bits per heavy atom. The zero-order valence-corrected chi connectivity index (χ0v) is 14.6. The highest BCUT2D eigenvalue weighted by molar-refractivity contribution is 5.94. The van der Waals surface area contributed by atoms with Crippen molar-refractivity contribution < 1.29 is 19.1 Å². The van der Waals surface area contributed by atoms with Gasteiger partial charge in [-0.2, -0.15) is 0 Å². The van der Waals surface area contributed by atoms with E-state index >= 15 is 0 Å². The molecule has 0 bridgehead atoms. The van der Waals surface area contributed by atoms with Crippen molar-refractivity contribution in [2.75, 3.05) is 26.8 Å². The van der Waals surface area contributed by atoms with Gasteiger partial charge in [-0.1, -0.05) is 13.8 Å². The number of methoxy groups -OCH3 is 1. The van der Waals surface area contributed by atoms with E-state index in [-0.39, 0.29) is 18.0 Å². The smallest absolute Gasteiger partial charge is 0.409 e. The Hall–Kier alpha value is -2.24. The van der Waals surface area contributed by atoms with Gasteiger partial charge < -0.3 is 19.7 Å². The molecule has 1 aliphatic heterocycles. The molecule has 2 amide bonds. The molecule has 0 unspecified atom stereocenters. The Kier molecular flexibility index (Phi) is 6.46. The van der Waals surface area contributed by atoms with Crippen LogP contribution in [0, 0.1) is 5.92 Å². The largest absolute Gasteiger partial charge is 0.497 e. The zero-order chi connectivity index (χ0) is 17.5. The van der Waals surface area contributed by atoms with E-state index in [1.54, 1.807) is 36.3 Å². The molecule has 2 rings (SSSR count). The van der Waals surface area contributed by atoms with E-state index in [0.29, 0.717) is 31.2 Å². The molecule has 0 atom stereocenters. The van der Waals surface area contributed by atoms with Gasteiger partial charge in [0.2, 0.25) is 0 Å². The highest BCUT2D eigenvalue weighted by Gasteiger charge is 2.25. The number of amides is 2. The van der Waals surface area contributed by atoms with E-state index in [0.717, 1.165) is 18.6 Å². The van der Waals surface area contributed by atoms with Crippen molar-refractivity contribution in [2.45, 2.75) is 32.7 Å². The van der Waals surface area contributed by atoms with E-state index in [4.69, 9.17) is 9.47 Å². The molecule has 1 fully saturated rings. The van der Waals surface area contributed by atoms with Crippen LogP contribution in [0.25, 0.3) is 0 Å². The van der Waals surface area contributed by atoms with Gasteiger partial charge in [-0.25, -0.2) is 4.79 Å². The topological polar surface area (TPSA) is 67.9 Å². The minimum Gasteiger partial charge on any atom is -0.497 e. The van der Waals surface area contributed by atoms with Crippen LogP contribution in [0.2, 0.25) is 0 Å². The first-order valence-electron chi connectivity index (χ1n) is 8.36. The maximum absolute atomic E-state index is 12.2. The summed E-state index contributed by atoms with van der Waals surface area (Å²) in [7, 11) is 1.59. The number of nitrogens with one attached hydrogen (secondary N) is 1. The number of hydrogen-bond donors (Lipinski definition) is 1. The Balaban J connectivity index is 1.77. The van der Waals surface area contributed by atoms with Crippen LogP contribution in [0.4, 0.5) is 4.79 Å². The first kappa shape index (κ1) is 18.1. The van der Waals surface area contributed by atoms with Crippen molar-refractivity contribution >= 4 is 12.0 Å². The van der Waals surface area contributed by atoms with Crippen LogP contribution in [0.1, 0.15) is 37.0 Å². The summed E-state index contributed by atoms with van der Waals surface area (Å²) in [4.78, 5) is 25.9. The normalized spacial score (nSPS) is 15.2. The number of benzene rings is 1. The van der Waals surface area contributed by atoms with Crippen molar-refractivity contribution in [1.82, 2.24) is 10.2 Å². The van der Waals surface area contributed by atoms with Crippen molar-refractivity contribution in [3.63, 3.8) is 0 Å². The Morgan fingerprint density at radius 1 is 1.21 bits per heavy atom. The van der Waals surface area contributed by atoms with Gasteiger partial charge in [-0.15, -0.1) is 0 Å². The molecule has 0 radical (unpaired) electrons. The minimum atomic E-state index is -0.261. The van der Waals surface area contributed by atoms with Gasteiger partial charge in [-0.05, 0) is 43.0 Å². The van der Waals surface area contributed by atoms with Crippen LogP contribution in [0.15, 0.2) is 24.3 Å². The van der Waals surface area contributed by atoms with Crippen molar-refractivity contribution in [3.05, 3.63) is 29.8 Å². The Morgan fingerprint density at radius 3 is 2.38 bits per heavy atom. The lowest BCUT2D eigenvalue weighted by molar-refractivity contribution is 0.0785. The molecule has 24 heavy (non-hydrogen) atoms. The SMILES string of the molecule is COc1ccc(C(=O)NC2CCN(C(=O)OCC(C)C)CC2)cc1. The number of hydrogen-bond acceptors (Lipinski definition) is 4. The van der Waals surface area contributed by atoms with Crippen molar-refractivity contribution in [2.24, 2.45) is 5.92 Å². The van der Waals surface area contributed by atoms with Crippen LogP contribution in [-0.2, 0) is 4.74 Å². The van der Waals surface area contributed by atoms with Crippen LogP contribution in [-0.4, -0.2) is 49.7 Å². The second kappa shape index (κ2) is 8.57. The monoisotopic (exact) mass is 334 g/mol. The number of carbonyl (C=O) groups is 2. The van der Waals surface area contributed by atoms with E-state index < -0.39 is 0 Å². The molecule has 0 spiro atoms. The number of likely N-dealkylation sites (tertiary alicyclic amines) is 1. The third-order valence-electron chi connectivity index (χ3n) is 3.98. The number of rotatable bonds is 5. The number of nitrogens with zero attached hydrogens (tertiary/aromatic N) is 1. The summed E-state index contributed by atoms with van der Waals surface area (Å²) >= 11 is 0. The predicted molar refractivity (Wildman–Crippen MR) is 91.2 cm³/mol. The molecule has 0 aliphatic carbocycles. The first-order chi connectivity index (χ1) is 11.5. The average Bonchev–Trinajstić information content (AvgIpc) is 2.60. The molecule has 1 aliphatic rings. The number of carbonyl (C=O) groups excluding carboxylic acids is 2. The van der Waals surface area contributed by atoms with Crippen LogP contribution in [0.5, 0.6) is 5.75 Å². The van der Waals surface area contributed by atoms with E-state index in [1.165, 1.54) is 0 Å². The van der Waals surface area contributed by atoms with Gasteiger partial charge in [0.25, 0.3) is 5.91 Å². The van der Waals surface area contributed by atoms with E-state index in [1.807, 2.05) is 13.8 Å². The second-order valence-corrected chi connectivity index (χ2v) is 6.43. The van der Waals surface area contributed by atoms with Crippen LogP contribution >= 0.6 is 0 Å². The van der Waals surface area contributed by atoms with Gasteiger partial charge in [0.15, 0.2) is 0 Å². The fourth-order valence-electron chi connectivity index (χ4n) is 2.55. The molecule has 6 heteroatoms. The molecule has 1 aromatic carbocycles. The summed E-state index contributed by atoms with van der Waals surface area (Å²) in [6.07, 6.45) is 1.21. The van der Waals surface area contributed by atoms with Crippen LogP contribution < -0.4 is 10.1 Å². The van der Waals surface area contributed by atoms with Crippen molar-refractivity contribution in [3.8, 4) is 5.75 Å². The summed E-state index contributed by atoms with van der Waals surface area (Å²) < 4.78 is 10.3. The zero-order valence-electron chi connectivity index (χ0n) is 14.6. The summed E-state index contributed by atoms with van der Waals surface area (Å²) in [6.45, 7) is 5.66. The van der Waals surface area contributed by atoms with E-state index in [9.17, 15) is 9.59 Å².